The van der Waals surface area contributed by atoms with Crippen LogP contribution >= 0.6 is 42.1 Å². The van der Waals surface area contributed by atoms with Gasteiger partial charge in [-0.3, -0.25) is 23.8 Å². The van der Waals surface area contributed by atoms with E-state index in [-0.39, 0.29) is 70.1 Å². The number of aliphatic carboxylic acids is 2. The second-order valence-electron chi connectivity index (χ2n) is 14.5. The number of aryl methyl sites for hydroxylation is 1. The van der Waals surface area contributed by atoms with E-state index in [1.165, 1.54) is 35.2 Å². The highest BCUT2D eigenvalue weighted by molar-refractivity contribution is 7.57. The van der Waals surface area contributed by atoms with Gasteiger partial charge in [0.15, 0.2) is 25.6 Å². The molecular weight excluding hydrogens is 898 g/mol. The van der Waals surface area contributed by atoms with E-state index in [1.54, 1.807) is 0 Å². The Morgan fingerprint density at radius 3 is 2.39 bits per heavy atom. The maximum Gasteiger partial charge on any atom is 0.355 e. The molecule has 0 radical (unpaired) electrons. The first-order valence-corrected chi connectivity index (χ1v) is 21.6. The third kappa shape index (κ3) is 12.3. The Morgan fingerprint density at radius 2 is 1.82 bits per heavy atom. The van der Waals surface area contributed by atoms with E-state index in [2.05, 4.69) is 34.2 Å². The maximum absolute atomic E-state index is 14.5. The summed E-state index contributed by atoms with van der Waals surface area (Å²) in [6.07, 6.45) is 5.96. The molecule has 6 rings (SSSR count). The summed E-state index contributed by atoms with van der Waals surface area (Å²) in [5.41, 5.74) is 4.23. The predicted octanol–water partition coefficient (Wildman–Crippen LogP) is 4.71. The standard InChI is InChI=1S/C18H17FN4O2S.C13H10Cl2F3N3O3.C5H12NO4P/c1-4-5-22-13-7-12(11(19)6-14(13)25-9-16(22)24)20-17-23-10-18(2,3)8-15(23)21-26-17;1-5-19-21(13(24)20(5)12(17)18)10-3-6(2-8(15)11(22)23)7(14)4-9(10)16;1-11(9,10)3-2-4(6)5(7)8/h1,6-7H,5,8-10H2,2-3H3;3-4,8,12H,2H2,1H3,(H,22,23);4H,2-3,6H2,1H3,(H,7,8)(H,9,10)/b20-17-;;. The molecule has 0 bridgehead atoms. The van der Waals surface area contributed by atoms with Gasteiger partial charge in [-0.15, -0.1) is 23.1 Å². The highest BCUT2D eigenvalue weighted by Crippen LogP contribution is 2.38. The summed E-state index contributed by atoms with van der Waals surface area (Å²) in [7, 11) is -3.10. The molecule has 2 aromatic carbocycles. The minimum Gasteiger partial charge on any atom is -0.481 e. The quantitative estimate of drug-likeness (QED) is 0.0693. The Kier molecular flexibility index (Phi) is 15.8. The summed E-state index contributed by atoms with van der Waals surface area (Å²) in [5.74, 6) is -0.823. The van der Waals surface area contributed by atoms with Gasteiger partial charge in [-0.25, -0.2) is 23.1 Å². The molecule has 0 aliphatic carbocycles. The number of amides is 1. The van der Waals surface area contributed by atoms with Crippen molar-refractivity contribution in [3.63, 3.8) is 0 Å². The first kappa shape index (κ1) is 48.6. The maximum atomic E-state index is 14.5. The van der Waals surface area contributed by atoms with Crippen LogP contribution in [0.5, 0.6) is 5.75 Å². The molecule has 3 atom stereocenters. The number of carbonyl (C=O) groups excluding carboxylic acids is 1. The Labute approximate surface area is 358 Å². The zero-order valence-corrected chi connectivity index (χ0v) is 35.9. The number of nitrogens with zero attached hydrogens (tertiary/aromatic N) is 7. The van der Waals surface area contributed by atoms with Gasteiger partial charge >= 0.3 is 24.2 Å². The van der Waals surface area contributed by atoms with Crippen LogP contribution in [0.15, 0.2) is 34.1 Å². The molecule has 4 heterocycles. The zero-order valence-electron chi connectivity index (χ0n) is 32.7. The molecule has 2 aliphatic heterocycles. The number of ether oxygens (including phenoxy) is 1. The van der Waals surface area contributed by atoms with E-state index in [9.17, 15) is 41.3 Å². The van der Waals surface area contributed by atoms with E-state index in [1.807, 2.05) is 4.57 Å². The topological polar surface area (TPSA) is 237 Å². The molecule has 0 fully saturated rings. The van der Waals surface area contributed by atoms with Crippen LogP contribution in [-0.4, -0.2) is 93.6 Å². The van der Waals surface area contributed by atoms with E-state index < -0.39 is 60.3 Å². The minimum absolute atomic E-state index is 0.0412. The predicted molar refractivity (Wildman–Crippen MR) is 217 cm³/mol. The molecule has 25 heteroatoms. The van der Waals surface area contributed by atoms with Gasteiger partial charge in [0.1, 0.15) is 40.2 Å². The van der Waals surface area contributed by atoms with Crippen LogP contribution < -0.4 is 25.9 Å². The number of alkyl halides is 3. The van der Waals surface area contributed by atoms with Crippen LogP contribution in [0.25, 0.3) is 5.69 Å². The normalized spacial score (nSPS) is 16.2. The van der Waals surface area contributed by atoms with Crippen molar-refractivity contribution in [1.82, 2.24) is 23.3 Å². The summed E-state index contributed by atoms with van der Waals surface area (Å²) in [5, 5.41) is 19.3. The fourth-order valence-electron chi connectivity index (χ4n) is 5.79. The molecule has 4 aromatic rings. The third-order valence-electron chi connectivity index (χ3n) is 8.79. The molecule has 1 amide bonds. The molecule has 61 heavy (non-hydrogen) atoms. The average Bonchev–Trinajstić information content (AvgIpc) is 3.77. The number of fused-ring (bicyclic) bond motifs is 2. The van der Waals surface area contributed by atoms with Gasteiger partial charge in [0.05, 0.1) is 12.2 Å². The van der Waals surface area contributed by atoms with Crippen molar-refractivity contribution in [2.75, 3.05) is 30.9 Å². The number of carboxylic acid groups (broad SMARTS) is 2. The number of aromatic nitrogens is 5. The molecule has 0 saturated heterocycles. The number of carbonyl (C=O) groups is 3. The van der Waals surface area contributed by atoms with Crippen molar-refractivity contribution >= 4 is 71.3 Å². The lowest BCUT2D eigenvalue weighted by molar-refractivity contribution is -0.138. The van der Waals surface area contributed by atoms with Crippen LogP contribution in [0.2, 0.25) is 5.02 Å². The molecule has 3 unspecified atom stereocenters. The first-order valence-electron chi connectivity index (χ1n) is 17.7. The SMILES string of the molecule is C#CCN1C(=O)COc2cc(F)c(/N=c3\snc4n3CC(C)(C)C4)cc21.CP(=O)(O)CCC(N)C(=O)O.Cc1nn(-c2cc(CC(Cl)C(=O)O)c(Cl)cc2F)c(=O)n1C(F)F. The van der Waals surface area contributed by atoms with Crippen LogP contribution in [0.3, 0.4) is 0 Å². The molecule has 2 aliphatic rings. The molecule has 0 spiro atoms. The van der Waals surface area contributed by atoms with Gasteiger partial charge in [0.25, 0.3) is 5.91 Å². The number of hydrogen-bond donors (Lipinski definition) is 4. The van der Waals surface area contributed by atoms with Gasteiger partial charge < -0.3 is 30.1 Å². The van der Waals surface area contributed by atoms with Gasteiger partial charge in [-0.05, 0) is 42.5 Å². The van der Waals surface area contributed by atoms with Gasteiger partial charge in [-0.1, -0.05) is 31.4 Å². The second kappa shape index (κ2) is 19.8. The largest absolute Gasteiger partial charge is 0.481 e. The summed E-state index contributed by atoms with van der Waals surface area (Å²) >= 11 is 12.7. The molecule has 2 aromatic heterocycles. The van der Waals surface area contributed by atoms with Gasteiger partial charge in [0.2, 0.25) is 4.80 Å². The van der Waals surface area contributed by atoms with Crippen LogP contribution in [-0.2, 0) is 38.3 Å². The summed E-state index contributed by atoms with van der Waals surface area (Å²) in [6, 6.07) is 3.61. The lowest BCUT2D eigenvalue weighted by atomic mass is 9.92. The Morgan fingerprint density at radius 1 is 1.15 bits per heavy atom. The molecular formula is C36H39Cl2F4N8O9PS. The fourth-order valence-corrected chi connectivity index (χ4v) is 7.69. The van der Waals surface area contributed by atoms with Crippen LogP contribution in [0, 0.1) is 36.3 Å². The van der Waals surface area contributed by atoms with Crippen molar-refractivity contribution in [1.29, 1.82) is 0 Å². The van der Waals surface area contributed by atoms with Crippen molar-refractivity contribution in [2.45, 2.75) is 64.5 Å². The van der Waals surface area contributed by atoms with E-state index >= 15 is 0 Å². The summed E-state index contributed by atoms with van der Waals surface area (Å²) in [4.78, 5) is 60.2. The number of carboxylic acids is 2. The van der Waals surface area contributed by atoms with Crippen molar-refractivity contribution in [3.05, 3.63) is 73.4 Å². The van der Waals surface area contributed by atoms with Crippen molar-refractivity contribution < 1.29 is 56.4 Å². The second-order valence-corrected chi connectivity index (χ2v) is 18.7. The molecule has 0 saturated carbocycles. The van der Waals surface area contributed by atoms with E-state index in [0.717, 1.165) is 37.8 Å². The third-order valence-corrected chi connectivity index (χ3v) is 11.4. The number of terminal acetylenes is 1. The Bertz CT molecular complexity index is 2550. The lowest BCUT2D eigenvalue weighted by Gasteiger charge is -2.28. The number of halogens is 6. The number of hydrogen-bond acceptors (Lipinski definition) is 11. The van der Waals surface area contributed by atoms with E-state index in [0.29, 0.717) is 20.9 Å². The van der Waals surface area contributed by atoms with Crippen molar-refractivity contribution in [3.8, 4) is 23.8 Å². The number of anilines is 1. The highest BCUT2D eigenvalue weighted by atomic mass is 35.5. The number of nitrogens with two attached hydrogens (primary N) is 1. The van der Waals surface area contributed by atoms with E-state index in [4.69, 9.17) is 55.2 Å². The fraction of sp³-hybridized carbons (Fsp3) is 0.417. The first-order chi connectivity index (χ1) is 28.3. The number of rotatable bonds is 11. The molecule has 5 N–H and O–H groups in total. The Balaban J connectivity index is 0.000000218. The molecule has 330 valence electrons. The minimum atomic E-state index is -3.14. The highest BCUT2D eigenvalue weighted by Gasteiger charge is 2.31. The average molecular weight is 938 g/mol. The van der Waals surface area contributed by atoms with Gasteiger partial charge in [0, 0.05) is 54.8 Å². The zero-order chi connectivity index (χ0) is 45.7. The Hall–Kier alpha value is -5.04. The smallest absolute Gasteiger partial charge is 0.355 e. The molecule has 17 nitrogen and oxygen atoms in total. The summed E-state index contributed by atoms with van der Waals surface area (Å²) in [6.45, 7) is 4.26. The van der Waals surface area contributed by atoms with Crippen molar-refractivity contribution in [2.24, 2.45) is 16.1 Å². The summed E-state index contributed by atoms with van der Waals surface area (Å²) < 4.78 is 77.3. The lowest BCUT2D eigenvalue weighted by Crippen LogP contribution is -2.39. The number of benzene rings is 2. The monoisotopic (exact) mass is 936 g/mol. The van der Waals surface area contributed by atoms with Gasteiger partial charge in [-0.2, -0.15) is 17.8 Å². The van der Waals surface area contributed by atoms with Crippen LogP contribution in [0.1, 0.15) is 44.0 Å². The van der Waals surface area contributed by atoms with Crippen LogP contribution in [0.4, 0.5) is 28.9 Å².